The van der Waals surface area contributed by atoms with Gasteiger partial charge in [0.1, 0.15) is 11.6 Å². The molecule has 25 heavy (non-hydrogen) atoms. The van der Waals surface area contributed by atoms with Gasteiger partial charge in [0.2, 0.25) is 0 Å². The van der Waals surface area contributed by atoms with E-state index in [-0.39, 0.29) is 17.4 Å². The molecule has 0 unspecified atom stereocenters. The van der Waals surface area contributed by atoms with E-state index in [1.807, 2.05) is 0 Å². The molecular weight excluding hydrogens is 326 g/mol. The lowest BCUT2D eigenvalue weighted by molar-refractivity contribution is 0.0162. The molecule has 1 amide bonds. The molecule has 1 aliphatic heterocycles. The highest BCUT2D eigenvalue weighted by Crippen LogP contribution is 2.22. The molecular formula is C19H20F2N2O2. The Balaban J connectivity index is 1.74. The van der Waals surface area contributed by atoms with Crippen molar-refractivity contribution in [2.45, 2.75) is 6.04 Å². The van der Waals surface area contributed by atoms with Crippen LogP contribution in [0.15, 0.2) is 48.5 Å². The first-order valence-corrected chi connectivity index (χ1v) is 8.25. The van der Waals surface area contributed by atoms with E-state index >= 15 is 0 Å². The number of benzene rings is 2. The minimum absolute atomic E-state index is 0.0160. The molecule has 0 radical (unpaired) electrons. The largest absolute Gasteiger partial charge is 0.379 e. The molecule has 0 aromatic heterocycles. The number of carbonyl (C=O) groups is 1. The summed E-state index contributed by atoms with van der Waals surface area (Å²) < 4.78 is 32.4. The van der Waals surface area contributed by atoms with E-state index in [2.05, 4.69) is 10.2 Å². The Morgan fingerprint density at radius 2 is 1.76 bits per heavy atom. The van der Waals surface area contributed by atoms with Crippen LogP contribution in [0.5, 0.6) is 0 Å². The van der Waals surface area contributed by atoms with E-state index in [1.165, 1.54) is 24.3 Å². The highest BCUT2D eigenvalue weighted by atomic mass is 19.1. The molecule has 2 aromatic carbocycles. The normalized spacial score (nSPS) is 16.4. The first kappa shape index (κ1) is 17.5. The van der Waals surface area contributed by atoms with Gasteiger partial charge < -0.3 is 10.1 Å². The van der Waals surface area contributed by atoms with Crippen molar-refractivity contribution in [1.82, 2.24) is 10.2 Å². The molecule has 1 heterocycles. The summed E-state index contributed by atoms with van der Waals surface area (Å²) in [5.74, 6) is -1.32. The smallest absolute Gasteiger partial charge is 0.254 e. The van der Waals surface area contributed by atoms with Gasteiger partial charge in [-0.3, -0.25) is 9.69 Å². The third kappa shape index (κ3) is 4.41. The summed E-state index contributed by atoms with van der Waals surface area (Å²) in [6, 6.07) is 12.0. The number of carbonyl (C=O) groups excluding carboxylic acids is 1. The standard InChI is InChI=1S/C19H20F2N2O2/c20-15-7-5-14(6-8-15)18(23-9-11-25-12-10-23)13-22-19(24)16-3-1-2-4-17(16)21/h1-8,18H,9-13H2,(H,22,24)/t18-/m0/s1. The Hall–Kier alpha value is -2.31. The molecule has 1 saturated heterocycles. The first-order chi connectivity index (χ1) is 12.1. The van der Waals surface area contributed by atoms with Gasteiger partial charge in [-0.1, -0.05) is 24.3 Å². The van der Waals surface area contributed by atoms with E-state index in [0.29, 0.717) is 19.8 Å². The molecule has 0 saturated carbocycles. The molecule has 0 bridgehead atoms. The maximum atomic E-state index is 13.8. The van der Waals surface area contributed by atoms with Crippen LogP contribution in [-0.4, -0.2) is 43.7 Å². The molecule has 2 aromatic rings. The molecule has 3 rings (SSSR count). The second-order valence-corrected chi connectivity index (χ2v) is 5.91. The predicted octanol–water partition coefficient (Wildman–Crippen LogP) is 2.77. The lowest BCUT2D eigenvalue weighted by atomic mass is 10.0. The number of nitrogens with one attached hydrogen (secondary N) is 1. The number of amides is 1. The van der Waals surface area contributed by atoms with Crippen molar-refractivity contribution in [1.29, 1.82) is 0 Å². The Bertz CT molecular complexity index is 716. The number of hydrogen-bond donors (Lipinski definition) is 1. The number of morpholine rings is 1. The van der Waals surface area contributed by atoms with Crippen LogP contribution in [-0.2, 0) is 4.74 Å². The second kappa shape index (κ2) is 8.18. The molecule has 4 nitrogen and oxygen atoms in total. The van der Waals surface area contributed by atoms with Crippen LogP contribution in [0.2, 0.25) is 0 Å². The SMILES string of the molecule is O=C(NC[C@@H](c1ccc(F)cc1)N1CCOCC1)c1ccccc1F. The Labute approximate surface area is 145 Å². The molecule has 132 valence electrons. The fraction of sp³-hybridized carbons (Fsp3) is 0.316. The van der Waals surface area contributed by atoms with Gasteiger partial charge in [-0.15, -0.1) is 0 Å². The van der Waals surface area contributed by atoms with Gasteiger partial charge >= 0.3 is 0 Å². The van der Waals surface area contributed by atoms with Crippen molar-refractivity contribution in [3.63, 3.8) is 0 Å². The monoisotopic (exact) mass is 346 g/mol. The second-order valence-electron chi connectivity index (χ2n) is 5.91. The molecule has 1 fully saturated rings. The quantitative estimate of drug-likeness (QED) is 0.905. The van der Waals surface area contributed by atoms with Gasteiger partial charge in [-0.2, -0.15) is 0 Å². The highest BCUT2D eigenvalue weighted by Gasteiger charge is 2.24. The van der Waals surface area contributed by atoms with Gasteiger partial charge in [0.05, 0.1) is 24.8 Å². The summed E-state index contributed by atoms with van der Waals surface area (Å²) >= 11 is 0. The Kier molecular flexibility index (Phi) is 5.73. The molecule has 1 N–H and O–H groups in total. The number of hydrogen-bond acceptors (Lipinski definition) is 3. The van der Waals surface area contributed by atoms with Crippen molar-refractivity contribution in [3.8, 4) is 0 Å². The minimum atomic E-state index is -0.551. The maximum absolute atomic E-state index is 13.8. The average Bonchev–Trinajstić information content (AvgIpc) is 2.64. The molecule has 0 spiro atoms. The molecule has 1 atom stereocenters. The van der Waals surface area contributed by atoms with Gasteiger partial charge in [0, 0.05) is 19.6 Å². The topological polar surface area (TPSA) is 41.6 Å². The highest BCUT2D eigenvalue weighted by molar-refractivity contribution is 5.94. The van der Waals surface area contributed by atoms with E-state index in [0.717, 1.165) is 18.7 Å². The van der Waals surface area contributed by atoms with Crippen LogP contribution in [0.4, 0.5) is 8.78 Å². The van der Waals surface area contributed by atoms with Gasteiger partial charge in [0.25, 0.3) is 5.91 Å². The van der Waals surface area contributed by atoms with Crippen molar-refractivity contribution < 1.29 is 18.3 Å². The zero-order chi connectivity index (χ0) is 17.6. The van der Waals surface area contributed by atoms with E-state index in [4.69, 9.17) is 4.74 Å². The summed E-state index contributed by atoms with van der Waals surface area (Å²) in [6.45, 7) is 2.96. The number of halogens is 2. The van der Waals surface area contributed by atoms with E-state index in [1.54, 1.807) is 24.3 Å². The maximum Gasteiger partial charge on any atom is 0.254 e. The van der Waals surface area contributed by atoms with Crippen molar-refractivity contribution >= 4 is 5.91 Å². The molecule has 6 heteroatoms. The predicted molar refractivity (Wildman–Crippen MR) is 90.3 cm³/mol. The summed E-state index contributed by atoms with van der Waals surface area (Å²) in [4.78, 5) is 14.5. The lowest BCUT2D eigenvalue weighted by Crippen LogP contribution is -2.43. The third-order valence-electron chi connectivity index (χ3n) is 4.32. The van der Waals surface area contributed by atoms with Crippen LogP contribution >= 0.6 is 0 Å². The van der Waals surface area contributed by atoms with Crippen LogP contribution in [0.1, 0.15) is 22.0 Å². The van der Waals surface area contributed by atoms with Crippen LogP contribution in [0.3, 0.4) is 0 Å². The van der Waals surface area contributed by atoms with Crippen LogP contribution < -0.4 is 5.32 Å². The van der Waals surface area contributed by atoms with Crippen molar-refractivity contribution in [2.24, 2.45) is 0 Å². The first-order valence-electron chi connectivity index (χ1n) is 8.25. The van der Waals surface area contributed by atoms with Gasteiger partial charge in [-0.05, 0) is 29.8 Å². The minimum Gasteiger partial charge on any atom is -0.379 e. The lowest BCUT2D eigenvalue weighted by Gasteiger charge is -2.35. The zero-order valence-corrected chi connectivity index (χ0v) is 13.8. The van der Waals surface area contributed by atoms with Crippen LogP contribution in [0.25, 0.3) is 0 Å². The number of ether oxygens (including phenoxy) is 1. The Morgan fingerprint density at radius 1 is 1.08 bits per heavy atom. The van der Waals surface area contributed by atoms with E-state index in [9.17, 15) is 13.6 Å². The summed E-state index contributed by atoms with van der Waals surface area (Å²) in [6.07, 6.45) is 0. The molecule has 0 aliphatic carbocycles. The summed E-state index contributed by atoms with van der Waals surface area (Å²) in [7, 11) is 0. The fourth-order valence-electron chi connectivity index (χ4n) is 2.96. The zero-order valence-electron chi connectivity index (χ0n) is 13.8. The molecule has 1 aliphatic rings. The third-order valence-corrected chi connectivity index (χ3v) is 4.32. The summed E-state index contributed by atoms with van der Waals surface area (Å²) in [5, 5.41) is 2.80. The average molecular weight is 346 g/mol. The number of rotatable bonds is 5. The van der Waals surface area contributed by atoms with Gasteiger partial charge in [0.15, 0.2) is 0 Å². The number of nitrogens with zero attached hydrogens (tertiary/aromatic N) is 1. The fourth-order valence-corrected chi connectivity index (χ4v) is 2.96. The van der Waals surface area contributed by atoms with Gasteiger partial charge in [-0.25, -0.2) is 8.78 Å². The Morgan fingerprint density at radius 3 is 2.44 bits per heavy atom. The van der Waals surface area contributed by atoms with Crippen molar-refractivity contribution in [2.75, 3.05) is 32.8 Å². The van der Waals surface area contributed by atoms with Crippen molar-refractivity contribution in [3.05, 3.63) is 71.3 Å². The van der Waals surface area contributed by atoms with E-state index < -0.39 is 11.7 Å². The van der Waals surface area contributed by atoms with Crippen LogP contribution in [0, 0.1) is 11.6 Å². The summed E-state index contributed by atoms with van der Waals surface area (Å²) in [5.41, 5.74) is 0.916.